The lowest BCUT2D eigenvalue weighted by atomic mass is 10.1. The van der Waals surface area contributed by atoms with Gasteiger partial charge in [0.1, 0.15) is 0 Å². The summed E-state index contributed by atoms with van der Waals surface area (Å²) in [4.78, 5) is 0. The maximum absolute atomic E-state index is 5.38. The van der Waals surface area contributed by atoms with Crippen molar-refractivity contribution in [3.05, 3.63) is 0 Å². The number of rotatable bonds is 2. The van der Waals surface area contributed by atoms with Crippen LogP contribution in [-0.4, -0.2) is 26.4 Å². The van der Waals surface area contributed by atoms with Crippen molar-refractivity contribution >= 4 is 0 Å². The van der Waals surface area contributed by atoms with Gasteiger partial charge in [0.15, 0.2) is 0 Å². The van der Waals surface area contributed by atoms with E-state index < -0.39 is 0 Å². The molecule has 0 saturated carbocycles. The molecular weight excluding hydrogens is 116 g/mol. The minimum absolute atomic E-state index is 0.366. The van der Waals surface area contributed by atoms with Gasteiger partial charge in [-0.3, -0.25) is 0 Å². The van der Waals surface area contributed by atoms with E-state index in [1.165, 1.54) is 0 Å². The molecule has 0 aliphatic carbocycles. The summed E-state index contributed by atoms with van der Waals surface area (Å²) in [6.45, 7) is 3.87. The van der Waals surface area contributed by atoms with Gasteiger partial charge in [-0.05, 0) is 12.3 Å². The molecule has 0 aromatic heterocycles. The van der Waals surface area contributed by atoms with E-state index >= 15 is 0 Å². The molecule has 0 amide bonds. The van der Waals surface area contributed by atoms with E-state index in [4.69, 9.17) is 9.47 Å². The minimum atomic E-state index is 0.366. The highest BCUT2D eigenvalue weighted by Crippen LogP contribution is 2.18. The first-order valence-corrected chi connectivity index (χ1v) is 3.43. The average Bonchev–Trinajstić information content (AvgIpc) is 2.17. The minimum Gasteiger partial charge on any atom is -0.382 e. The van der Waals surface area contributed by atoms with Crippen LogP contribution in [0.2, 0.25) is 0 Å². The smallest absolute Gasteiger partial charge is 0.0811 e. The summed E-state index contributed by atoms with van der Waals surface area (Å²) in [6, 6.07) is 0. The first-order chi connectivity index (χ1) is 4.33. The second kappa shape index (κ2) is 3.18. The second-order valence-electron chi connectivity index (χ2n) is 2.75. The molecule has 0 aromatic rings. The Bertz CT molecular complexity index is 81.0. The van der Waals surface area contributed by atoms with Gasteiger partial charge in [-0.25, -0.2) is 0 Å². The largest absolute Gasteiger partial charge is 0.382 e. The van der Waals surface area contributed by atoms with Crippen molar-refractivity contribution in [3.63, 3.8) is 0 Å². The SMILES string of the molecule is COC[C@H]1C[C@@H](C)CO1. The van der Waals surface area contributed by atoms with Crippen LogP contribution in [0.15, 0.2) is 0 Å². The van der Waals surface area contributed by atoms with Crippen molar-refractivity contribution in [1.82, 2.24) is 0 Å². The van der Waals surface area contributed by atoms with Gasteiger partial charge in [-0.15, -0.1) is 0 Å². The highest BCUT2D eigenvalue weighted by molar-refractivity contribution is 4.69. The predicted molar refractivity (Wildman–Crippen MR) is 35.4 cm³/mol. The van der Waals surface area contributed by atoms with Gasteiger partial charge in [0.2, 0.25) is 0 Å². The second-order valence-corrected chi connectivity index (χ2v) is 2.75. The van der Waals surface area contributed by atoms with Crippen molar-refractivity contribution in [2.75, 3.05) is 20.3 Å². The molecule has 9 heavy (non-hydrogen) atoms. The number of methoxy groups -OCH3 is 1. The van der Waals surface area contributed by atoms with Crippen LogP contribution in [0.4, 0.5) is 0 Å². The summed E-state index contributed by atoms with van der Waals surface area (Å²) >= 11 is 0. The van der Waals surface area contributed by atoms with Crippen molar-refractivity contribution in [3.8, 4) is 0 Å². The third-order valence-electron chi connectivity index (χ3n) is 1.63. The Balaban J connectivity index is 2.14. The summed E-state index contributed by atoms with van der Waals surface area (Å²) < 4.78 is 10.3. The van der Waals surface area contributed by atoms with E-state index in [1.807, 2.05) is 0 Å². The van der Waals surface area contributed by atoms with Crippen LogP contribution in [0.1, 0.15) is 13.3 Å². The summed E-state index contributed by atoms with van der Waals surface area (Å²) in [5, 5.41) is 0. The zero-order chi connectivity index (χ0) is 6.69. The molecule has 1 heterocycles. The van der Waals surface area contributed by atoms with Crippen LogP contribution in [0.25, 0.3) is 0 Å². The highest BCUT2D eigenvalue weighted by atomic mass is 16.5. The molecule has 2 atom stereocenters. The first-order valence-electron chi connectivity index (χ1n) is 3.43. The molecule has 2 nitrogen and oxygen atoms in total. The Hall–Kier alpha value is -0.0800. The normalized spacial score (nSPS) is 35.3. The maximum atomic E-state index is 5.38. The Morgan fingerprint density at radius 2 is 2.44 bits per heavy atom. The zero-order valence-electron chi connectivity index (χ0n) is 6.09. The Labute approximate surface area is 56.2 Å². The van der Waals surface area contributed by atoms with Crippen molar-refractivity contribution < 1.29 is 9.47 Å². The van der Waals surface area contributed by atoms with Crippen molar-refractivity contribution in [2.24, 2.45) is 5.92 Å². The summed E-state index contributed by atoms with van der Waals surface area (Å²) in [6.07, 6.45) is 1.53. The fourth-order valence-electron chi connectivity index (χ4n) is 1.19. The number of hydrogen-bond donors (Lipinski definition) is 0. The lowest BCUT2D eigenvalue weighted by Crippen LogP contribution is -2.12. The van der Waals surface area contributed by atoms with Crippen LogP contribution in [0.5, 0.6) is 0 Å². The van der Waals surface area contributed by atoms with E-state index in [2.05, 4.69) is 6.92 Å². The Morgan fingerprint density at radius 3 is 2.89 bits per heavy atom. The fraction of sp³-hybridized carbons (Fsp3) is 1.00. The molecule has 0 N–H and O–H groups in total. The van der Waals surface area contributed by atoms with Gasteiger partial charge in [-0.2, -0.15) is 0 Å². The molecule has 0 bridgehead atoms. The molecule has 1 fully saturated rings. The van der Waals surface area contributed by atoms with E-state index in [9.17, 15) is 0 Å². The molecular formula is C7H14O2. The average molecular weight is 130 g/mol. The number of ether oxygens (including phenoxy) is 2. The van der Waals surface area contributed by atoms with Gasteiger partial charge in [0, 0.05) is 13.7 Å². The Morgan fingerprint density at radius 1 is 1.67 bits per heavy atom. The molecule has 0 spiro atoms. The summed E-state index contributed by atoms with van der Waals surface area (Å²) in [7, 11) is 1.71. The quantitative estimate of drug-likeness (QED) is 0.556. The summed E-state index contributed by atoms with van der Waals surface area (Å²) in [5.41, 5.74) is 0. The van der Waals surface area contributed by atoms with Crippen LogP contribution in [-0.2, 0) is 9.47 Å². The molecule has 1 rings (SSSR count). The van der Waals surface area contributed by atoms with Crippen molar-refractivity contribution in [1.29, 1.82) is 0 Å². The molecule has 1 saturated heterocycles. The highest BCUT2D eigenvalue weighted by Gasteiger charge is 2.21. The van der Waals surface area contributed by atoms with Crippen LogP contribution in [0.3, 0.4) is 0 Å². The predicted octanol–water partition coefficient (Wildman–Crippen LogP) is 1.06. The lowest BCUT2D eigenvalue weighted by molar-refractivity contribution is 0.0371. The monoisotopic (exact) mass is 130 g/mol. The lowest BCUT2D eigenvalue weighted by Gasteiger charge is -2.05. The third-order valence-corrected chi connectivity index (χ3v) is 1.63. The fourth-order valence-corrected chi connectivity index (χ4v) is 1.19. The summed E-state index contributed by atoms with van der Waals surface area (Å²) in [5.74, 6) is 0.727. The topological polar surface area (TPSA) is 18.5 Å². The van der Waals surface area contributed by atoms with Gasteiger partial charge in [0.25, 0.3) is 0 Å². The Kier molecular flexibility index (Phi) is 2.49. The van der Waals surface area contributed by atoms with E-state index in [1.54, 1.807) is 7.11 Å². The van der Waals surface area contributed by atoms with Crippen molar-refractivity contribution in [2.45, 2.75) is 19.4 Å². The molecule has 0 aromatic carbocycles. The van der Waals surface area contributed by atoms with E-state index in [0.717, 1.165) is 25.6 Å². The van der Waals surface area contributed by atoms with Crippen LogP contribution in [0, 0.1) is 5.92 Å². The van der Waals surface area contributed by atoms with Crippen LogP contribution < -0.4 is 0 Å². The van der Waals surface area contributed by atoms with Crippen LogP contribution >= 0.6 is 0 Å². The zero-order valence-corrected chi connectivity index (χ0v) is 6.09. The van der Waals surface area contributed by atoms with E-state index in [0.29, 0.717) is 6.10 Å². The maximum Gasteiger partial charge on any atom is 0.0811 e. The van der Waals surface area contributed by atoms with E-state index in [-0.39, 0.29) is 0 Å². The molecule has 1 aliphatic heterocycles. The van der Waals surface area contributed by atoms with Gasteiger partial charge < -0.3 is 9.47 Å². The standard InChI is InChI=1S/C7H14O2/c1-6-3-7(5-8-2)9-4-6/h6-7H,3-5H2,1-2H3/t6-,7-/m1/s1. The van der Waals surface area contributed by atoms with Gasteiger partial charge in [-0.1, -0.05) is 6.92 Å². The van der Waals surface area contributed by atoms with Gasteiger partial charge >= 0.3 is 0 Å². The first kappa shape index (κ1) is 7.03. The molecule has 54 valence electrons. The third kappa shape index (κ3) is 1.95. The molecule has 2 heteroatoms. The molecule has 0 radical (unpaired) electrons. The van der Waals surface area contributed by atoms with Gasteiger partial charge in [0.05, 0.1) is 12.7 Å². The molecule has 0 unspecified atom stereocenters. The molecule has 1 aliphatic rings. The number of hydrogen-bond acceptors (Lipinski definition) is 2.